The highest BCUT2D eigenvalue weighted by Gasteiger charge is 2.40. The van der Waals surface area contributed by atoms with Crippen LogP contribution in [0.15, 0.2) is 54.6 Å². The van der Waals surface area contributed by atoms with E-state index in [0.29, 0.717) is 11.4 Å². The zero-order chi connectivity index (χ0) is 19.2. The molecule has 2 N–H and O–H groups in total. The summed E-state index contributed by atoms with van der Waals surface area (Å²) in [6.07, 6.45) is -1.25. The van der Waals surface area contributed by atoms with Gasteiger partial charge in [0.25, 0.3) is 0 Å². The molecule has 0 radical (unpaired) electrons. The average molecular weight is 370 g/mol. The summed E-state index contributed by atoms with van der Waals surface area (Å²) in [6.45, 7) is 0.157. The number of nitrogens with zero attached hydrogens (tertiary/aromatic N) is 1. The second kappa shape index (κ2) is 8.55. The van der Waals surface area contributed by atoms with Gasteiger partial charge in [0.05, 0.1) is 25.4 Å². The Balaban J connectivity index is 1.66. The third kappa shape index (κ3) is 4.57. The van der Waals surface area contributed by atoms with E-state index < -0.39 is 24.1 Å². The molecule has 2 atom stereocenters. The number of β-amino-alcohol motifs (C(OH)–C–C–N with tert-alkyl or cyclic N) is 1. The lowest BCUT2D eigenvalue weighted by Gasteiger charge is -2.23. The second-order valence-electron chi connectivity index (χ2n) is 6.29. The van der Waals surface area contributed by atoms with Crippen molar-refractivity contribution < 1.29 is 24.2 Å². The Morgan fingerprint density at radius 1 is 1.15 bits per heavy atom. The van der Waals surface area contributed by atoms with Gasteiger partial charge in [-0.15, -0.1) is 0 Å². The van der Waals surface area contributed by atoms with E-state index in [2.05, 4.69) is 5.32 Å². The van der Waals surface area contributed by atoms with E-state index in [-0.39, 0.29) is 19.6 Å². The minimum atomic E-state index is -0.812. The molecule has 1 heterocycles. The number of carbonyl (C=O) groups is 2. The van der Waals surface area contributed by atoms with Crippen LogP contribution in [-0.4, -0.2) is 47.8 Å². The molecule has 3 rings (SSSR count). The summed E-state index contributed by atoms with van der Waals surface area (Å²) < 4.78 is 10.5. The fourth-order valence-corrected chi connectivity index (χ4v) is 3.03. The molecule has 2 amide bonds. The number of hydrogen-bond acceptors (Lipinski definition) is 5. The molecular formula is C20H22N2O5. The second-order valence-corrected chi connectivity index (χ2v) is 6.29. The topological polar surface area (TPSA) is 88.1 Å². The van der Waals surface area contributed by atoms with Crippen molar-refractivity contribution in [1.82, 2.24) is 4.90 Å². The summed E-state index contributed by atoms with van der Waals surface area (Å²) in [6, 6.07) is 15.5. The molecule has 1 saturated heterocycles. The first-order valence-electron chi connectivity index (χ1n) is 8.67. The van der Waals surface area contributed by atoms with Crippen molar-refractivity contribution in [1.29, 1.82) is 0 Å². The number of para-hydroxylation sites is 2. The highest BCUT2D eigenvalue weighted by Crippen LogP contribution is 2.26. The van der Waals surface area contributed by atoms with Crippen molar-refractivity contribution in [2.24, 2.45) is 0 Å². The molecule has 1 fully saturated rings. The molecule has 0 unspecified atom stereocenters. The summed E-state index contributed by atoms with van der Waals surface area (Å²) in [5, 5.41) is 12.7. The van der Waals surface area contributed by atoms with Crippen molar-refractivity contribution in [2.45, 2.75) is 25.2 Å². The van der Waals surface area contributed by atoms with E-state index in [4.69, 9.17) is 9.47 Å². The predicted octanol–water partition coefficient (Wildman–Crippen LogP) is 2.41. The molecule has 0 aromatic heterocycles. The van der Waals surface area contributed by atoms with Gasteiger partial charge in [0, 0.05) is 6.42 Å². The molecule has 0 bridgehead atoms. The van der Waals surface area contributed by atoms with Crippen LogP contribution in [-0.2, 0) is 16.1 Å². The zero-order valence-electron chi connectivity index (χ0n) is 15.0. The van der Waals surface area contributed by atoms with Gasteiger partial charge in [-0.05, 0) is 17.7 Å². The van der Waals surface area contributed by atoms with E-state index in [0.717, 1.165) is 5.56 Å². The molecule has 7 nitrogen and oxygen atoms in total. The normalized spacial score (nSPS) is 18.8. The smallest absolute Gasteiger partial charge is 0.410 e. The molecule has 142 valence electrons. The quantitative estimate of drug-likeness (QED) is 0.844. The van der Waals surface area contributed by atoms with E-state index in [9.17, 15) is 14.7 Å². The number of anilines is 1. The van der Waals surface area contributed by atoms with Crippen molar-refractivity contribution in [3.63, 3.8) is 0 Å². The number of aliphatic hydroxyl groups excluding tert-OH is 1. The van der Waals surface area contributed by atoms with Crippen LogP contribution in [0.5, 0.6) is 5.75 Å². The summed E-state index contributed by atoms with van der Waals surface area (Å²) in [5.74, 6) is 0.121. The van der Waals surface area contributed by atoms with Crippen molar-refractivity contribution >= 4 is 17.7 Å². The Bertz CT molecular complexity index is 796. The number of amides is 2. The van der Waals surface area contributed by atoms with Gasteiger partial charge in [0.15, 0.2) is 0 Å². The van der Waals surface area contributed by atoms with Gasteiger partial charge < -0.3 is 19.9 Å². The van der Waals surface area contributed by atoms with E-state index >= 15 is 0 Å². The first-order chi connectivity index (χ1) is 13.1. The molecule has 2 aromatic rings. The molecule has 0 spiro atoms. The lowest BCUT2D eigenvalue weighted by Crippen LogP contribution is -2.43. The molecule has 2 aromatic carbocycles. The number of nitrogens with one attached hydrogen (secondary N) is 1. The van der Waals surface area contributed by atoms with Crippen LogP contribution in [0.4, 0.5) is 10.5 Å². The average Bonchev–Trinajstić information content (AvgIpc) is 3.09. The minimum Gasteiger partial charge on any atom is -0.495 e. The number of likely N-dealkylation sites (tertiary alicyclic amines) is 1. The van der Waals surface area contributed by atoms with Crippen molar-refractivity contribution in [2.75, 3.05) is 19.0 Å². The molecular weight excluding hydrogens is 348 g/mol. The largest absolute Gasteiger partial charge is 0.495 e. The standard InChI is InChI=1S/C20H22N2O5/c1-26-18-10-6-5-9-16(18)21-19(24)17-11-15(23)12-22(17)20(25)27-13-14-7-3-2-4-8-14/h2-10,15,17,23H,11-13H2,1H3,(H,21,24)/t15-,17-/m0/s1. The Hall–Kier alpha value is -3.06. The van der Waals surface area contributed by atoms with Gasteiger partial charge in [0.1, 0.15) is 18.4 Å². The van der Waals surface area contributed by atoms with Crippen LogP contribution in [0.2, 0.25) is 0 Å². The van der Waals surface area contributed by atoms with E-state index in [1.807, 2.05) is 30.3 Å². The van der Waals surface area contributed by atoms with Gasteiger partial charge in [-0.3, -0.25) is 9.69 Å². The van der Waals surface area contributed by atoms with E-state index in [1.54, 1.807) is 24.3 Å². The fraction of sp³-hybridized carbons (Fsp3) is 0.300. The maximum atomic E-state index is 12.7. The van der Waals surface area contributed by atoms with Gasteiger partial charge >= 0.3 is 6.09 Å². The first kappa shape index (κ1) is 18.7. The molecule has 27 heavy (non-hydrogen) atoms. The molecule has 1 aliphatic heterocycles. The Labute approximate surface area is 157 Å². The predicted molar refractivity (Wildman–Crippen MR) is 99.4 cm³/mol. The Morgan fingerprint density at radius 2 is 1.85 bits per heavy atom. The van der Waals surface area contributed by atoms with Gasteiger partial charge in [-0.25, -0.2) is 4.79 Å². The van der Waals surface area contributed by atoms with Crippen molar-refractivity contribution in [3.8, 4) is 5.75 Å². The third-order valence-electron chi connectivity index (χ3n) is 4.39. The van der Waals surface area contributed by atoms with Gasteiger partial charge in [0.2, 0.25) is 5.91 Å². The van der Waals surface area contributed by atoms with E-state index in [1.165, 1.54) is 12.0 Å². The third-order valence-corrected chi connectivity index (χ3v) is 4.39. The number of benzene rings is 2. The summed E-state index contributed by atoms with van der Waals surface area (Å²) in [5.41, 5.74) is 1.35. The zero-order valence-corrected chi connectivity index (χ0v) is 15.0. The molecule has 0 saturated carbocycles. The summed E-state index contributed by atoms with van der Waals surface area (Å²) >= 11 is 0. The van der Waals surface area contributed by atoms with Gasteiger partial charge in [-0.2, -0.15) is 0 Å². The maximum absolute atomic E-state index is 12.7. The number of rotatable bonds is 5. The monoisotopic (exact) mass is 370 g/mol. The molecule has 1 aliphatic rings. The van der Waals surface area contributed by atoms with Crippen molar-refractivity contribution in [3.05, 3.63) is 60.2 Å². The van der Waals surface area contributed by atoms with Crippen LogP contribution in [0.25, 0.3) is 0 Å². The Kier molecular flexibility index (Phi) is 5.93. The minimum absolute atomic E-state index is 0.0532. The van der Waals surface area contributed by atoms with Crippen LogP contribution >= 0.6 is 0 Å². The SMILES string of the molecule is COc1ccccc1NC(=O)[C@@H]1C[C@H](O)CN1C(=O)OCc1ccccc1. The van der Waals surface area contributed by atoms with Crippen LogP contribution in [0, 0.1) is 0 Å². The Morgan fingerprint density at radius 3 is 2.59 bits per heavy atom. The lowest BCUT2D eigenvalue weighted by molar-refractivity contribution is -0.120. The highest BCUT2D eigenvalue weighted by atomic mass is 16.6. The van der Waals surface area contributed by atoms with Gasteiger partial charge in [-0.1, -0.05) is 42.5 Å². The summed E-state index contributed by atoms with van der Waals surface area (Å²) in [7, 11) is 1.51. The first-order valence-corrected chi connectivity index (χ1v) is 8.67. The summed E-state index contributed by atoms with van der Waals surface area (Å²) in [4.78, 5) is 26.4. The lowest BCUT2D eigenvalue weighted by atomic mass is 10.2. The highest BCUT2D eigenvalue weighted by molar-refractivity contribution is 5.98. The number of ether oxygens (including phenoxy) is 2. The maximum Gasteiger partial charge on any atom is 0.410 e. The number of hydrogen-bond donors (Lipinski definition) is 2. The number of carbonyl (C=O) groups excluding carboxylic acids is 2. The van der Waals surface area contributed by atoms with Crippen LogP contribution in [0.3, 0.4) is 0 Å². The molecule has 7 heteroatoms. The van der Waals surface area contributed by atoms with Crippen LogP contribution < -0.4 is 10.1 Å². The number of methoxy groups -OCH3 is 1. The van der Waals surface area contributed by atoms with Crippen LogP contribution in [0.1, 0.15) is 12.0 Å². The number of aliphatic hydroxyl groups is 1. The molecule has 0 aliphatic carbocycles. The fourth-order valence-electron chi connectivity index (χ4n) is 3.03.